The summed E-state index contributed by atoms with van der Waals surface area (Å²) in [6.45, 7) is 5.20. The van der Waals surface area contributed by atoms with Crippen molar-refractivity contribution in [2.45, 2.75) is 0 Å². The molecule has 2 aromatic heterocycles. The Bertz CT molecular complexity index is 508. The van der Waals surface area contributed by atoms with E-state index in [1.807, 2.05) is 12.3 Å². The summed E-state index contributed by atoms with van der Waals surface area (Å²) in [5, 5.41) is 4.20. The fraction of sp³-hybridized carbons (Fsp3) is 0.500. The number of rotatable bonds is 4. The van der Waals surface area contributed by atoms with Crippen LogP contribution >= 0.6 is 0 Å². The summed E-state index contributed by atoms with van der Waals surface area (Å²) in [7, 11) is 0. The third-order valence-corrected chi connectivity index (χ3v) is 3.01. The van der Waals surface area contributed by atoms with Crippen LogP contribution < -0.4 is 4.74 Å². The minimum atomic E-state index is 0.665. The topological polar surface area (TPSA) is 51.9 Å². The molecule has 1 aliphatic rings. The predicted octanol–water partition coefficient (Wildman–Crippen LogP) is 0.440. The number of imidazole rings is 1. The lowest BCUT2D eigenvalue weighted by molar-refractivity contribution is 0.0322. The molecular weight excluding hydrogens is 232 g/mol. The molecule has 6 heteroatoms. The molecule has 0 radical (unpaired) electrons. The zero-order valence-electron chi connectivity index (χ0n) is 10.2. The van der Waals surface area contributed by atoms with Gasteiger partial charge in [-0.1, -0.05) is 0 Å². The van der Waals surface area contributed by atoms with Gasteiger partial charge in [0.1, 0.15) is 12.4 Å². The van der Waals surface area contributed by atoms with Gasteiger partial charge in [-0.3, -0.25) is 4.90 Å². The summed E-state index contributed by atoms with van der Waals surface area (Å²) in [5.41, 5.74) is 0.805. The molecule has 1 saturated heterocycles. The molecule has 0 atom stereocenters. The fourth-order valence-electron chi connectivity index (χ4n) is 1.99. The van der Waals surface area contributed by atoms with E-state index in [1.165, 1.54) is 0 Å². The van der Waals surface area contributed by atoms with Crippen molar-refractivity contribution in [1.29, 1.82) is 0 Å². The van der Waals surface area contributed by atoms with Crippen molar-refractivity contribution in [3.8, 4) is 5.75 Å². The Morgan fingerprint density at radius 3 is 3.11 bits per heavy atom. The number of aromatic nitrogens is 3. The van der Waals surface area contributed by atoms with Gasteiger partial charge >= 0.3 is 0 Å². The molecule has 0 unspecified atom stereocenters. The van der Waals surface area contributed by atoms with Crippen molar-refractivity contribution in [1.82, 2.24) is 19.5 Å². The second-order valence-corrected chi connectivity index (χ2v) is 4.22. The molecule has 0 saturated carbocycles. The Kier molecular flexibility index (Phi) is 3.38. The maximum atomic E-state index is 5.69. The maximum absolute atomic E-state index is 5.69. The highest BCUT2D eigenvalue weighted by Crippen LogP contribution is 2.11. The summed E-state index contributed by atoms with van der Waals surface area (Å²) in [5.74, 6) is 0.766. The maximum Gasteiger partial charge on any atom is 0.157 e. The summed E-state index contributed by atoms with van der Waals surface area (Å²) >= 11 is 0. The van der Waals surface area contributed by atoms with E-state index in [9.17, 15) is 0 Å². The van der Waals surface area contributed by atoms with Crippen LogP contribution in [0.4, 0.5) is 0 Å². The molecule has 3 heterocycles. The number of morpholine rings is 1. The molecule has 0 amide bonds. The van der Waals surface area contributed by atoms with E-state index in [2.05, 4.69) is 15.0 Å². The van der Waals surface area contributed by atoms with Crippen molar-refractivity contribution >= 4 is 5.65 Å². The van der Waals surface area contributed by atoms with Gasteiger partial charge in [0.25, 0.3) is 0 Å². The van der Waals surface area contributed by atoms with Gasteiger partial charge in [0.05, 0.1) is 19.4 Å². The smallest absolute Gasteiger partial charge is 0.157 e. The van der Waals surface area contributed by atoms with Crippen LogP contribution in [0.2, 0.25) is 0 Å². The fourth-order valence-corrected chi connectivity index (χ4v) is 1.99. The van der Waals surface area contributed by atoms with Gasteiger partial charge in [0.15, 0.2) is 5.65 Å². The SMILES string of the molecule is c1cn2ncc(OCCN3CCOCC3)cc2n1. The molecule has 0 aromatic carbocycles. The first-order valence-corrected chi connectivity index (χ1v) is 6.14. The molecule has 0 aliphatic carbocycles. The van der Waals surface area contributed by atoms with Crippen molar-refractivity contribution in [2.24, 2.45) is 0 Å². The third kappa shape index (κ3) is 2.60. The van der Waals surface area contributed by atoms with Crippen LogP contribution in [-0.2, 0) is 4.74 Å². The Balaban J connectivity index is 1.52. The Labute approximate surface area is 105 Å². The summed E-state index contributed by atoms with van der Waals surface area (Å²) in [6.07, 6.45) is 5.25. The van der Waals surface area contributed by atoms with Crippen LogP contribution in [0.3, 0.4) is 0 Å². The van der Waals surface area contributed by atoms with Crippen LogP contribution in [0.1, 0.15) is 0 Å². The molecule has 6 nitrogen and oxygen atoms in total. The Morgan fingerprint density at radius 2 is 2.22 bits per heavy atom. The normalized spacial score (nSPS) is 17.1. The lowest BCUT2D eigenvalue weighted by Crippen LogP contribution is -2.38. The highest BCUT2D eigenvalue weighted by atomic mass is 16.5. The van der Waals surface area contributed by atoms with Gasteiger partial charge in [-0.05, 0) is 0 Å². The van der Waals surface area contributed by atoms with E-state index in [-0.39, 0.29) is 0 Å². The summed E-state index contributed by atoms with van der Waals surface area (Å²) in [6, 6.07) is 1.90. The number of hydrogen-bond acceptors (Lipinski definition) is 5. The second kappa shape index (κ2) is 5.32. The largest absolute Gasteiger partial charge is 0.490 e. The van der Waals surface area contributed by atoms with E-state index in [0.717, 1.165) is 44.2 Å². The van der Waals surface area contributed by atoms with Crippen LogP contribution in [-0.4, -0.2) is 59.0 Å². The third-order valence-electron chi connectivity index (χ3n) is 3.01. The average Bonchev–Trinajstić information content (AvgIpc) is 2.87. The van der Waals surface area contributed by atoms with E-state index in [1.54, 1.807) is 16.9 Å². The first kappa shape index (κ1) is 11.4. The van der Waals surface area contributed by atoms with Crippen molar-refractivity contribution in [3.05, 3.63) is 24.7 Å². The van der Waals surface area contributed by atoms with Gasteiger partial charge in [-0.15, -0.1) is 0 Å². The minimum absolute atomic E-state index is 0.665. The first-order valence-electron chi connectivity index (χ1n) is 6.14. The van der Waals surface area contributed by atoms with E-state index in [4.69, 9.17) is 9.47 Å². The van der Waals surface area contributed by atoms with Crippen LogP contribution in [0.25, 0.3) is 5.65 Å². The van der Waals surface area contributed by atoms with Crippen LogP contribution in [0.5, 0.6) is 5.75 Å². The molecule has 2 aromatic rings. The standard InChI is InChI=1S/C12H16N4O2/c1-2-16-12(13-1)9-11(10-14-16)18-8-5-15-3-6-17-7-4-15/h1-2,9-10H,3-8H2. The monoisotopic (exact) mass is 248 g/mol. The highest BCUT2D eigenvalue weighted by Gasteiger charge is 2.09. The van der Waals surface area contributed by atoms with Crippen molar-refractivity contribution in [3.63, 3.8) is 0 Å². The zero-order chi connectivity index (χ0) is 12.2. The summed E-state index contributed by atoms with van der Waals surface area (Å²) in [4.78, 5) is 6.51. The van der Waals surface area contributed by atoms with Crippen molar-refractivity contribution < 1.29 is 9.47 Å². The van der Waals surface area contributed by atoms with Gasteiger partial charge in [0.2, 0.25) is 0 Å². The van der Waals surface area contributed by atoms with Gasteiger partial charge < -0.3 is 9.47 Å². The summed E-state index contributed by atoms with van der Waals surface area (Å²) < 4.78 is 12.7. The Morgan fingerprint density at radius 1 is 1.33 bits per heavy atom. The Hall–Kier alpha value is -1.66. The molecule has 96 valence electrons. The molecule has 0 spiro atoms. The number of nitrogens with zero attached hydrogens (tertiary/aromatic N) is 4. The number of hydrogen-bond donors (Lipinski definition) is 0. The molecule has 3 rings (SSSR count). The molecular formula is C12H16N4O2. The lowest BCUT2D eigenvalue weighted by atomic mass is 10.4. The van der Waals surface area contributed by atoms with Crippen LogP contribution in [0, 0.1) is 0 Å². The molecule has 18 heavy (non-hydrogen) atoms. The van der Waals surface area contributed by atoms with E-state index < -0.39 is 0 Å². The number of ether oxygens (including phenoxy) is 2. The van der Waals surface area contributed by atoms with Crippen LogP contribution in [0.15, 0.2) is 24.7 Å². The van der Waals surface area contributed by atoms with Gasteiger partial charge in [0, 0.05) is 38.1 Å². The highest BCUT2D eigenvalue weighted by molar-refractivity contribution is 5.41. The quantitative estimate of drug-likeness (QED) is 0.786. The minimum Gasteiger partial charge on any atom is -0.490 e. The molecule has 0 bridgehead atoms. The zero-order valence-corrected chi connectivity index (χ0v) is 10.2. The van der Waals surface area contributed by atoms with Gasteiger partial charge in [-0.25, -0.2) is 9.50 Å². The lowest BCUT2D eigenvalue weighted by Gasteiger charge is -2.26. The second-order valence-electron chi connectivity index (χ2n) is 4.22. The van der Waals surface area contributed by atoms with E-state index >= 15 is 0 Å². The van der Waals surface area contributed by atoms with Gasteiger partial charge in [-0.2, -0.15) is 5.10 Å². The average molecular weight is 248 g/mol. The first-order chi connectivity index (χ1) is 8.92. The van der Waals surface area contributed by atoms with Crippen molar-refractivity contribution in [2.75, 3.05) is 39.5 Å². The molecule has 1 fully saturated rings. The van der Waals surface area contributed by atoms with E-state index in [0.29, 0.717) is 6.61 Å². The predicted molar refractivity (Wildman–Crippen MR) is 65.7 cm³/mol. The molecule has 1 aliphatic heterocycles. The molecule has 0 N–H and O–H groups in total. The number of fused-ring (bicyclic) bond motifs is 1.